The Hall–Kier alpha value is 0.137. The molecule has 0 saturated heterocycles. The van der Waals surface area contributed by atoms with Crippen LogP contribution in [-0.4, -0.2) is 20.3 Å². The Bertz CT molecular complexity index is 268. The van der Waals surface area contributed by atoms with Gasteiger partial charge in [-0.2, -0.15) is 0 Å². The van der Waals surface area contributed by atoms with Gasteiger partial charge in [0.05, 0.1) is 5.60 Å². The lowest BCUT2D eigenvalue weighted by Crippen LogP contribution is -2.55. The smallest absolute Gasteiger partial charge is 0.344 e. The molecule has 0 aromatic carbocycles. The first-order valence-corrected chi connectivity index (χ1v) is 11.0. The van der Waals surface area contributed by atoms with Gasteiger partial charge in [0.2, 0.25) is 0 Å². The zero-order chi connectivity index (χ0) is 16.7. The van der Waals surface area contributed by atoms with E-state index in [-0.39, 0.29) is 11.7 Å². The lowest BCUT2D eigenvalue weighted by Gasteiger charge is -2.46. The van der Waals surface area contributed by atoms with Gasteiger partial charge in [-0.15, -0.1) is 0 Å². The van der Waals surface area contributed by atoms with E-state index in [1.165, 1.54) is 19.3 Å². The molecule has 0 aromatic heterocycles. The van der Waals surface area contributed by atoms with Crippen molar-refractivity contribution in [3.8, 4) is 0 Å². The van der Waals surface area contributed by atoms with Crippen molar-refractivity contribution >= 4 is 8.56 Å². The van der Waals surface area contributed by atoms with Crippen molar-refractivity contribution in [3.05, 3.63) is 0 Å². The van der Waals surface area contributed by atoms with Crippen LogP contribution in [0.3, 0.4) is 0 Å². The number of rotatable bonds is 11. The third-order valence-corrected chi connectivity index (χ3v) is 9.14. The summed E-state index contributed by atoms with van der Waals surface area (Å²) in [5.41, 5.74) is 0.913. The van der Waals surface area contributed by atoms with Crippen LogP contribution in [0, 0.1) is 0 Å². The molecule has 128 valence electrons. The van der Waals surface area contributed by atoms with Gasteiger partial charge in [0.15, 0.2) is 0 Å². The van der Waals surface area contributed by atoms with E-state index >= 15 is 0 Å². The summed E-state index contributed by atoms with van der Waals surface area (Å²) >= 11 is 0. The lowest BCUT2D eigenvalue weighted by atomic mass is 9.94. The average Bonchev–Trinajstić information content (AvgIpc) is 2.34. The molecular formula is C18H40O2Si. The van der Waals surface area contributed by atoms with Gasteiger partial charge in [0, 0.05) is 6.10 Å². The Kier molecular flexibility index (Phi) is 9.38. The van der Waals surface area contributed by atoms with Crippen molar-refractivity contribution in [2.75, 3.05) is 0 Å². The molecule has 1 unspecified atom stereocenters. The van der Waals surface area contributed by atoms with Gasteiger partial charge in [-0.25, -0.2) is 0 Å². The van der Waals surface area contributed by atoms with Crippen LogP contribution in [0.4, 0.5) is 0 Å². The fourth-order valence-electron chi connectivity index (χ4n) is 3.26. The van der Waals surface area contributed by atoms with Crippen molar-refractivity contribution in [3.63, 3.8) is 0 Å². The van der Waals surface area contributed by atoms with Crippen LogP contribution in [0.5, 0.6) is 0 Å². The highest BCUT2D eigenvalue weighted by molar-refractivity contribution is 6.70. The second-order valence-corrected chi connectivity index (χ2v) is 11.8. The maximum Gasteiger partial charge on any atom is 0.344 e. The second-order valence-electron chi connectivity index (χ2n) is 7.60. The van der Waals surface area contributed by atoms with Crippen molar-refractivity contribution in [2.45, 2.75) is 117 Å². The highest BCUT2D eigenvalue weighted by Crippen LogP contribution is 2.41. The van der Waals surface area contributed by atoms with E-state index < -0.39 is 8.56 Å². The monoisotopic (exact) mass is 316 g/mol. The van der Waals surface area contributed by atoms with E-state index in [1.807, 2.05) is 0 Å². The molecule has 3 heteroatoms. The lowest BCUT2D eigenvalue weighted by molar-refractivity contribution is 0.00107. The SMILES string of the molecule is CCCCC(C)(CCC)O[Si](OC(C)C)(C(C)C)C(C)C. The molecule has 0 rings (SSSR count). The van der Waals surface area contributed by atoms with E-state index in [0.29, 0.717) is 11.1 Å². The maximum absolute atomic E-state index is 6.92. The Morgan fingerprint density at radius 2 is 1.38 bits per heavy atom. The van der Waals surface area contributed by atoms with Crippen LogP contribution in [0.1, 0.15) is 94.4 Å². The van der Waals surface area contributed by atoms with Crippen LogP contribution in [0.15, 0.2) is 0 Å². The number of hydrogen-bond acceptors (Lipinski definition) is 2. The summed E-state index contributed by atoms with van der Waals surface area (Å²) in [5, 5.41) is 0. The fraction of sp³-hybridized carbons (Fsp3) is 1.00. The molecule has 0 radical (unpaired) electrons. The summed E-state index contributed by atoms with van der Waals surface area (Å²) in [6, 6.07) is 0. The number of hydrogen-bond donors (Lipinski definition) is 0. The Labute approximate surface area is 135 Å². The summed E-state index contributed by atoms with van der Waals surface area (Å²) in [4.78, 5) is 0. The molecule has 0 fully saturated rings. The second kappa shape index (κ2) is 9.31. The standard InChI is InChI=1S/C18H40O2Si/c1-10-12-14-18(9,13-11-2)20-21(16(5)6,17(7)8)19-15(3)4/h15-17H,10-14H2,1-9H3. The van der Waals surface area contributed by atoms with Gasteiger partial charge in [-0.3, -0.25) is 0 Å². The molecule has 0 heterocycles. The van der Waals surface area contributed by atoms with Gasteiger partial charge in [0.25, 0.3) is 0 Å². The van der Waals surface area contributed by atoms with E-state index in [4.69, 9.17) is 8.85 Å². The van der Waals surface area contributed by atoms with Crippen LogP contribution in [-0.2, 0) is 8.85 Å². The topological polar surface area (TPSA) is 18.5 Å². The highest BCUT2D eigenvalue weighted by Gasteiger charge is 2.49. The van der Waals surface area contributed by atoms with E-state index in [0.717, 1.165) is 12.8 Å². The average molecular weight is 317 g/mol. The fourth-order valence-corrected chi connectivity index (χ4v) is 7.37. The summed E-state index contributed by atoms with van der Waals surface area (Å²) in [5.74, 6) is 0. The first-order chi connectivity index (χ1) is 9.63. The summed E-state index contributed by atoms with van der Waals surface area (Å²) in [6.07, 6.45) is 6.14. The largest absolute Gasteiger partial charge is 0.391 e. The molecule has 0 aliphatic carbocycles. The molecule has 1 atom stereocenters. The number of unbranched alkanes of at least 4 members (excludes halogenated alkanes) is 1. The van der Waals surface area contributed by atoms with Gasteiger partial charge in [-0.05, 0) is 44.7 Å². The van der Waals surface area contributed by atoms with Crippen LogP contribution >= 0.6 is 0 Å². The minimum absolute atomic E-state index is 0.0274. The highest BCUT2D eigenvalue weighted by atomic mass is 28.4. The van der Waals surface area contributed by atoms with Crippen LogP contribution in [0.2, 0.25) is 11.1 Å². The zero-order valence-corrected chi connectivity index (χ0v) is 17.1. The minimum Gasteiger partial charge on any atom is -0.391 e. The van der Waals surface area contributed by atoms with Crippen LogP contribution < -0.4 is 0 Å². The molecule has 0 spiro atoms. The quantitative estimate of drug-likeness (QED) is 0.408. The van der Waals surface area contributed by atoms with Gasteiger partial charge >= 0.3 is 8.56 Å². The maximum atomic E-state index is 6.92. The first-order valence-electron chi connectivity index (χ1n) is 9.01. The molecule has 0 saturated carbocycles. The predicted molar refractivity (Wildman–Crippen MR) is 96.1 cm³/mol. The Morgan fingerprint density at radius 1 is 0.857 bits per heavy atom. The Balaban J connectivity index is 5.38. The summed E-state index contributed by atoms with van der Waals surface area (Å²) in [6.45, 7) is 20.2. The normalized spacial score (nSPS) is 16.0. The minimum atomic E-state index is -2.24. The van der Waals surface area contributed by atoms with Crippen molar-refractivity contribution < 1.29 is 8.85 Å². The zero-order valence-electron chi connectivity index (χ0n) is 16.1. The molecule has 0 aliphatic heterocycles. The van der Waals surface area contributed by atoms with Gasteiger partial charge in [0.1, 0.15) is 0 Å². The van der Waals surface area contributed by atoms with E-state index in [2.05, 4.69) is 62.3 Å². The molecule has 0 amide bonds. The molecule has 0 aliphatic rings. The van der Waals surface area contributed by atoms with Crippen molar-refractivity contribution in [1.82, 2.24) is 0 Å². The molecular weight excluding hydrogens is 276 g/mol. The molecule has 0 N–H and O–H groups in total. The molecule has 0 bridgehead atoms. The van der Waals surface area contributed by atoms with E-state index in [9.17, 15) is 0 Å². The molecule has 0 aromatic rings. The molecule has 2 nitrogen and oxygen atoms in total. The summed E-state index contributed by atoms with van der Waals surface area (Å²) in [7, 11) is -2.24. The first kappa shape index (κ1) is 21.1. The van der Waals surface area contributed by atoms with Gasteiger partial charge in [-0.1, -0.05) is 60.8 Å². The van der Waals surface area contributed by atoms with E-state index in [1.54, 1.807) is 0 Å². The van der Waals surface area contributed by atoms with Crippen molar-refractivity contribution in [1.29, 1.82) is 0 Å². The van der Waals surface area contributed by atoms with Gasteiger partial charge < -0.3 is 8.85 Å². The Morgan fingerprint density at radius 3 is 1.71 bits per heavy atom. The molecule has 21 heavy (non-hydrogen) atoms. The third kappa shape index (κ3) is 6.41. The van der Waals surface area contributed by atoms with Crippen molar-refractivity contribution in [2.24, 2.45) is 0 Å². The predicted octanol–water partition coefficient (Wildman–Crippen LogP) is 6.44. The third-order valence-electron chi connectivity index (χ3n) is 4.27. The summed E-state index contributed by atoms with van der Waals surface area (Å²) < 4.78 is 13.4. The van der Waals surface area contributed by atoms with Crippen LogP contribution in [0.25, 0.3) is 0 Å².